The Kier molecular flexibility index (Phi) is 17.0. The Morgan fingerprint density at radius 1 is 0.978 bits per heavy atom. The SMILES string of the molecule is C=CCNC(=O)C(=O)C(CCC)NC(=O)C1CC(C(C)C)CN1C(=O)C(NC(=O)NC(C)C(=O)OCC1CC1)C(C)(C)C.CCC. The number of Topliss-reactive ketones (excluding diaryl/α,β-unsaturated/α-hetero) is 1. The van der Waals surface area contributed by atoms with Crippen molar-refractivity contribution in [3.05, 3.63) is 12.7 Å². The fourth-order valence-corrected chi connectivity index (χ4v) is 4.93. The van der Waals surface area contributed by atoms with Crippen LogP contribution in [-0.2, 0) is 28.7 Å². The topological polar surface area (TPSA) is 163 Å². The Morgan fingerprint density at radius 3 is 2.09 bits per heavy atom. The van der Waals surface area contributed by atoms with Gasteiger partial charge in [0, 0.05) is 13.1 Å². The molecule has 5 amide bonds. The first kappa shape index (κ1) is 40.6. The number of ketones is 1. The molecule has 5 unspecified atom stereocenters. The van der Waals surface area contributed by atoms with Gasteiger partial charge in [0.1, 0.15) is 18.1 Å². The van der Waals surface area contributed by atoms with Crippen LogP contribution in [0.1, 0.15) is 101 Å². The average molecular weight is 650 g/mol. The highest BCUT2D eigenvalue weighted by Gasteiger charge is 2.46. The Morgan fingerprint density at radius 2 is 1.59 bits per heavy atom. The van der Waals surface area contributed by atoms with Gasteiger partial charge < -0.3 is 30.9 Å². The van der Waals surface area contributed by atoms with Gasteiger partial charge in [-0.05, 0) is 55.8 Å². The maximum atomic E-state index is 14.1. The number of hydrogen-bond donors (Lipinski definition) is 4. The molecule has 5 atom stereocenters. The van der Waals surface area contributed by atoms with Crippen molar-refractivity contribution in [3.63, 3.8) is 0 Å². The summed E-state index contributed by atoms with van der Waals surface area (Å²) in [6, 6.07) is -4.58. The lowest BCUT2D eigenvalue weighted by atomic mass is 9.85. The number of esters is 1. The minimum absolute atomic E-state index is 0.00613. The third-order valence-electron chi connectivity index (χ3n) is 7.95. The summed E-state index contributed by atoms with van der Waals surface area (Å²) in [7, 11) is 0. The van der Waals surface area contributed by atoms with Crippen molar-refractivity contribution in [2.24, 2.45) is 23.2 Å². The summed E-state index contributed by atoms with van der Waals surface area (Å²) in [4.78, 5) is 79.5. The molecule has 2 fully saturated rings. The Labute approximate surface area is 275 Å². The summed E-state index contributed by atoms with van der Waals surface area (Å²) in [6.07, 6.45) is 5.93. The molecule has 0 spiro atoms. The third-order valence-corrected chi connectivity index (χ3v) is 7.95. The molecule has 0 radical (unpaired) electrons. The van der Waals surface area contributed by atoms with E-state index in [1.165, 1.54) is 24.3 Å². The number of ether oxygens (including phenoxy) is 1. The van der Waals surface area contributed by atoms with Gasteiger partial charge in [0.15, 0.2) is 0 Å². The highest BCUT2D eigenvalue weighted by Crippen LogP contribution is 2.32. The van der Waals surface area contributed by atoms with Crippen LogP contribution in [0.4, 0.5) is 4.79 Å². The van der Waals surface area contributed by atoms with E-state index < -0.39 is 65.1 Å². The first-order valence-electron chi connectivity index (χ1n) is 16.8. The molecule has 46 heavy (non-hydrogen) atoms. The minimum Gasteiger partial charge on any atom is -0.464 e. The normalized spacial score (nSPS) is 19.5. The van der Waals surface area contributed by atoms with Crippen molar-refractivity contribution in [1.29, 1.82) is 0 Å². The summed E-state index contributed by atoms with van der Waals surface area (Å²) in [6.45, 7) is 21.3. The lowest BCUT2D eigenvalue weighted by molar-refractivity contribution is -0.146. The third kappa shape index (κ3) is 13.1. The number of nitrogens with zero attached hydrogens (tertiary/aromatic N) is 1. The summed E-state index contributed by atoms with van der Waals surface area (Å²) in [5.74, 6) is -2.54. The van der Waals surface area contributed by atoms with Gasteiger partial charge in [-0.3, -0.25) is 19.2 Å². The van der Waals surface area contributed by atoms with Crippen LogP contribution in [0.15, 0.2) is 12.7 Å². The predicted octanol–water partition coefficient (Wildman–Crippen LogP) is 3.49. The van der Waals surface area contributed by atoms with Gasteiger partial charge in [-0.1, -0.05) is 74.3 Å². The molecule has 262 valence electrons. The van der Waals surface area contributed by atoms with E-state index in [4.69, 9.17) is 4.74 Å². The monoisotopic (exact) mass is 649 g/mol. The molecule has 1 aliphatic carbocycles. The molecule has 4 N–H and O–H groups in total. The zero-order valence-electron chi connectivity index (χ0n) is 29.5. The first-order chi connectivity index (χ1) is 21.5. The van der Waals surface area contributed by atoms with Crippen LogP contribution in [0.2, 0.25) is 0 Å². The maximum absolute atomic E-state index is 14.1. The minimum atomic E-state index is -1.04. The molecule has 2 aliphatic rings. The van der Waals surface area contributed by atoms with E-state index in [0.29, 0.717) is 31.9 Å². The first-order valence-corrected chi connectivity index (χ1v) is 16.8. The van der Waals surface area contributed by atoms with Crippen LogP contribution in [-0.4, -0.2) is 84.3 Å². The van der Waals surface area contributed by atoms with E-state index >= 15 is 0 Å². The van der Waals surface area contributed by atoms with Gasteiger partial charge in [0.2, 0.25) is 17.6 Å². The second-order valence-corrected chi connectivity index (χ2v) is 13.9. The molecular weight excluding hydrogens is 590 g/mol. The summed E-state index contributed by atoms with van der Waals surface area (Å²) in [5, 5.41) is 10.4. The molecule has 0 aromatic carbocycles. The lowest BCUT2D eigenvalue weighted by Gasteiger charge is -2.36. The van der Waals surface area contributed by atoms with Crippen LogP contribution in [0.25, 0.3) is 0 Å². The van der Waals surface area contributed by atoms with Crippen LogP contribution >= 0.6 is 0 Å². The standard InChI is InChI=1S/C31H51N5O7.C3H8/c1-9-11-22(24(37)27(39)32-14-10-2)34-26(38)23-15-21(18(3)4)16-36(23)28(40)25(31(6,7)8)35-30(42)33-19(5)29(41)43-17-20-12-13-20;1-3-2/h10,18-23,25H,2,9,11-17H2,1,3-8H3,(H,32,39)(H,34,38)(H2,33,35,42);3H2,1-2H3. The zero-order valence-corrected chi connectivity index (χ0v) is 29.5. The van der Waals surface area contributed by atoms with Crippen molar-refractivity contribution < 1.29 is 33.5 Å². The molecule has 2 rings (SSSR count). The Hall–Kier alpha value is -3.44. The maximum Gasteiger partial charge on any atom is 0.328 e. The van der Waals surface area contributed by atoms with E-state index in [2.05, 4.69) is 41.7 Å². The Bertz CT molecular complexity index is 1070. The molecule has 1 aliphatic heterocycles. The van der Waals surface area contributed by atoms with Gasteiger partial charge in [-0.2, -0.15) is 0 Å². The van der Waals surface area contributed by atoms with Gasteiger partial charge >= 0.3 is 12.0 Å². The molecule has 12 heteroatoms. The zero-order chi connectivity index (χ0) is 35.2. The molecule has 0 bridgehead atoms. The second kappa shape index (κ2) is 19.3. The van der Waals surface area contributed by atoms with Gasteiger partial charge in [-0.25, -0.2) is 9.59 Å². The molecule has 1 heterocycles. The molecule has 0 aromatic heterocycles. The van der Waals surface area contributed by atoms with Crippen molar-refractivity contribution in [1.82, 2.24) is 26.2 Å². The molecule has 0 aromatic rings. The van der Waals surface area contributed by atoms with E-state index in [1.807, 2.05) is 20.8 Å². The highest BCUT2D eigenvalue weighted by atomic mass is 16.5. The van der Waals surface area contributed by atoms with Crippen LogP contribution < -0.4 is 21.3 Å². The summed E-state index contributed by atoms with van der Waals surface area (Å²) < 4.78 is 5.25. The highest BCUT2D eigenvalue weighted by molar-refractivity contribution is 6.38. The van der Waals surface area contributed by atoms with Crippen molar-refractivity contribution >= 4 is 35.5 Å². The largest absolute Gasteiger partial charge is 0.464 e. The number of amides is 5. The lowest BCUT2D eigenvalue weighted by Crippen LogP contribution is -2.60. The summed E-state index contributed by atoms with van der Waals surface area (Å²) in [5.41, 5.74) is -0.745. The number of likely N-dealkylation sites (tertiary alicyclic amines) is 1. The molecule has 1 saturated carbocycles. The van der Waals surface area contributed by atoms with E-state index in [1.54, 1.807) is 20.8 Å². The fourth-order valence-electron chi connectivity index (χ4n) is 4.93. The van der Waals surface area contributed by atoms with Crippen LogP contribution in [0, 0.1) is 23.2 Å². The van der Waals surface area contributed by atoms with Crippen molar-refractivity contribution in [2.45, 2.75) is 125 Å². The van der Waals surface area contributed by atoms with Gasteiger partial charge in [-0.15, -0.1) is 6.58 Å². The van der Waals surface area contributed by atoms with Crippen LogP contribution in [0.5, 0.6) is 0 Å². The Balaban J connectivity index is 0.00000338. The van der Waals surface area contributed by atoms with E-state index in [-0.39, 0.29) is 24.8 Å². The molecule has 1 saturated heterocycles. The van der Waals surface area contributed by atoms with E-state index in [0.717, 1.165) is 12.8 Å². The fraction of sp³-hybridized carbons (Fsp3) is 0.765. The number of hydrogen-bond acceptors (Lipinski definition) is 7. The number of carbonyl (C=O) groups excluding carboxylic acids is 6. The predicted molar refractivity (Wildman–Crippen MR) is 178 cm³/mol. The average Bonchev–Trinajstić information content (AvgIpc) is 3.70. The smallest absolute Gasteiger partial charge is 0.328 e. The number of rotatable bonds is 15. The number of nitrogens with one attached hydrogen (secondary N) is 4. The number of urea groups is 1. The summed E-state index contributed by atoms with van der Waals surface area (Å²) >= 11 is 0. The molecular formula is C34H59N5O7. The van der Waals surface area contributed by atoms with Crippen molar-refractivity contribution in [2.75, 3.05) is 19.7 Å². The van der Waals surface area contributed by atoms with Crippen molar-refractivity contribution in [3.8, 4) is 0 Å². The second-order valence-electron chi connectivity index (χ2n) is 13.9. The molecule has 12 nitrogen and oxygen atoms in total. The quantitative estimate of drug-likeness (QED) is 0.120. The van der Waals surface area contributed by atoms with Gasteiger partial charge in [0.05, 0.1) is 12.6 Å². The van der Waals surface area contributed by atoms with Crippen LogP contribution in [0.3, 0.4) is 0 Å². The van der Waals surface area contributed by atoms with E-state index in [9.17, 15) is 28.8 Å². The van der Waals surface area contributed by atoms with Gasteiger partial charge in [0.25, 0.3) is 5.91 Å². The number of carbonyl (C=O) groups is 6.